The molecule has 0 aromatic rings. The number of carbonyl (C=O) groups is 1. The molecule has 0 bridgehead atoms. The summed E-state index contributed by atoms with van der Waals surface area (Å²) in [6.07, 6.45) is -5.05. The van der Waals surface area contributed by atoms with Gasteiger partial charge in [-0.2, -0.15) is 13.2 Å². The molecule has 0 saturated heterocycles. The van der Waals surface area contributed by atoms with Crippen LogP contribution in [0, 0.1) is 5.92 Å². The van der Waals surface area contributed by atoms with E-state index in [9.17, 15) is 18.0 Å². The lowest BCUT2D eigenvalue weighted by Gasteiger charge is -2.14. The quantitative estimate of drug-likeness (QED) is 0.686. The summed E-state index contributed by atoms with van der Waals surface area (Å²) in [6, 6.07) is 0. The minimum Gasteiger partial charge on any atom is -0.481 e. The summed E-state index contributed by atoms with van der Waals surface area (Å²) in [5.74, 6) is -4.11. The number of aliphatic carboxylic acids is 1. The van der Waals surface area contributed by atoms with Crippen LogP contribution in [0.3, 0.4) is 0 Å². The molecule has 0 aromatic carbocycles. The van der Waals surface area contributed by atoms with Crippen LogP contribution >= 0.6 is 0 Å². The second-order valence-electron chi connectivity index (χ2n) is 2.36. The molecule has 0 aliphatic rings. The van der Waals surface area contributed by atoms with Gasteiger partial charge in [-0.15, -0.1) is 0 Å². The lowest BCUT2D eigenvalue weighted by Crippen LogP contribution is -2.30. The number of rotatable bonds is 4. The summed E-state index contributed by atoms with van der Waals surface area (Å²) in [4.78, 5) is 10.1. The van der Waals surface area contributed by atoms with Crippen LogP contribution < -0.4 is 5.73 Å². The molecular formula is C6H10F3NO2. The first kappa shape index (κ1) is 11.2. The highest BCUT2D eigenvalue weighted by Crippen LogP contribution is 2.29. The Bertz CT molecular complexity index is 157. The van der Waals surface area contributed by atoms with Gasteiger partial charge in [-0.3, -0.25) is 4.79 Å². The Hall–Kier alpha value is -0.780. The Morgan fingerprint density at radius 1 is 1.50 bits per heavy atom. The molecular weight excluding hydrogens is 175 g/mol. The van der Waals surface area contributed by atoms with Gasteiger partial charge in [0.15, 0.2) is 5.92 Å². The van der Waals surface area contributed by atoms with Crippen molar-refractivity contribution in [3.05, 3.63) is 0 Å². The van der Waals surface area contributed by atoms with Gasteiger partial charge in [0.1, 0.15) is 0 Å². The van der Waals surface area contributed by atoms with Crippen LogP contribution in [0.4, 0.5) is 13.2 Å². The molecule has 3 nitrogen and oxygen atoms in total. The van der Waals surface area contributed by atoms with Crippen molar-refractivity contribution in [1.29, 1.82) is 0 Å². The maximum absolute atomic E-state index is 11.9. The zero-order chi connectivity index (χ0) is 9.78. The first-order valence-electron chi connectivity index (χ1n) is 3.39. The summed E-state index contributed by atoms with van der Waals surface area (Å²) in [5, 5.41) is 8.17. The van der Waals surface area contributed by atoms with Gasteiger partial charge in [0.25, 0.3) is 0 Å². The van der Waals surface area contributed by atoms with Crippen LogP contribution in [0.1, 0.15) is 12.8 Å². The van der Waals surface area contributed by atoms with Crippen molar-refractivity contribution in [2.24, 2.45) is 11.7 Å². The van der Waals surface area contributed by atoms with Crippen molar-refractivity contribution < 1.29 is 23.1 Å². The van der Waals surface area contributed by atoms with Gasteiger partial charge >= 0.3 is 12.1 Å². The first-order valence-corrected chi connectivity index (χ1v) is 3.39. The number of alkyl halides is 3. The Morgan fingerprint density at radius 2 is 2.00 bits per heavy atom. The highest BCUT2D eigenvalue weighted by Gasteiger charge is 2.44. The van der Waals surface area contributed by atoms with E-state index in [2.05, 4.69) is 0 Å². The minimum atomic E-state index is -4.67. The third-order valence-electron chi connectivity index (χ3n) is 1.39. The molecule has 0 amide bonds. The van der Waals surface area contributed by atoms with Crippen LogP contribution in [0.5, 0.6) is 0 Å². The molecule has 0 aliphatic heterocycles. The highest BCUT2D eigenvalue weighted by molar-refractivity contribution is 5.70. The van der Waals surface area contributed by atoms with E-state index in [-0.39, 0.29) is 13.0 Å². The zero-order valence-electron chi connectivity index (χ0n) is 6.27. The molecule has 0 rings (SSSR count). The smallest absolute Gasteiger partial charge is 0.402 e. The Balaban J connectivity index is 4.15. The maximum Gasteiger partial charge on any atom is 0.402 e. The fraction of sp³-hybridized carbons (Fsp3) is 0.833. The van der Waals surface area contributed by atoms with Gasteiger partial charge in [-0.1, -0.05) is 0 Å². The molecule has 0 aromatic heterocycles. The molecule has 0 unspecified atom stereocenters. The van der Waals surface area contributed by atoms with Gasteiger partial charge in [-0.05, 0) is 19.4 Å². The van der Waals surface area contributed by atoms with Crippen molar-refractivity contribution in [3.63, 3.8) is 0 Å². The third-order valence-corrected chi connectivity index (χ3v) is 1.39. The Kier molecular flexibility index (Phi) is 4.02. The van der Waals surface area contributed by atoms with Gasteiger partial charge in [-0.25, -0.2) is 0 Å². The number of hydrogen-bond donors (Lipinski definition) is 2. The lowest BCUT2D eigenvalue weighted by atomic mass is 10.0. The van der Waals surface area contributed by atoms with Crippen LogP contribution in [0.2, 0.25) is 0 Å². The SMILES string of the molecule is NCCC[C@@H](C(=O)O)C(F)(F)F. The molecule has 6 heteroatoms. The van der Waals surface area contributed by atoms with E-state index in [0.717, 1.165) is 0 Å². The van der Waals surface area contributed by atoms with E-state index in [0.29, 0.717) is 0 Å². The Labute approximate surface area is 67.4 Å². The molecule has 0 heterocycles. The number of carboxylic acids is 1. The van der Waals surface area contributed by atoms with Gasteiger partial charge < -0.3 is 10.8 Å². The molecule has 0 saturated carbocycles. The third kappa shape index (κ3) is 3.56. The first-order chi connectivity index (χ1) is 5.39. The van der Waals surface area contributed by atoms with E-state index in [1.807, 2.05) is 0 Å². The largest absolute Gasteiger partial charge is 0.481 e. The standard InChI is InChI=1S/C6H10F3NO2/c7-6(8,9)4(5(11)12)2-1-3-10/h4H,1-3,10H2,(H,11,12)/t4-/m0/s1. The fourth-order valence-electron chi connectivity index (χ4n) is 0.749. The van der Waals surface area contributed by atoms with Crippen LogP contribution in [0.25, 0.3) is 0 Å². The normalized spacial score (nSPS) is 14.3. The summed E-state index contributed by atoms with van der Waals surface area (Å²) in [7, 11) is 0. The van der Waals surface area contributed by atoms with Crippen molar-refractivity contribution in [2.75, 3.05) is 6.54 Å². The monoisotopic (exact) mass is 185 g/mol. The van der Waals surface area contributed by atoms with Gasteiger partial charge in [0.2, 0.25) is 0 Å². The van der Waals surface area contributed by atoms with E-state index in [4.69, 9.17) is 10.8 Å². The van der Waals surface area contributed by atoms with Gasteiger partial charge in [0.05, 0.1) is 0 Å². The van der Waals surface area contributed by atoms with Crippen molar-refractivity contribution >= 4 is 5.97 Å². The minimum absolute atomic E-state index is 0.0659. The molecule has 1 atom stereocenters. The van der Waals surface area contributed by atoms with E-state index in [1.54, 1.807) is 0 Å². The van der Waals surface area contributed by atoms with Gasteiger partial charge in [0, 0.05) is 0 Å². The number of nitrogens with two attached hydrogens (primary N) is 1. The molecule has 3 N–H and O–H groups in total. The summed E-state index contributed by atoms with van der Waals surface area (Å²) >= 11 is 0. The second-order valence-corrected chi connectivity index (χ2v) is 2.36. The van der Waals surface area contributed by atoms with Crippen molar-refractivity contribution in [3.8, 4) is 0 Å². The zero-order valence-corrected chi connectivity index (χ0v) is 6.27. The molecule has 0 spiro atoms. The van der Waals surface area contributed by atoms with Crippen LogP contribution in [-0.2, 0) is 4.79 Å². The summed E-state index contributed by atoms with van der Waals surface area (Å²) < 4.78 is 35.6. The highest BCUT2D eigenvalue weighted by atomic mass is 19.4. The summed E-state index contributed by atoms with van der Waals surface area (Å²) in [6.45, 7) is 0.0693. The predicted octanol–water partition coefficient (Wildman–Crippen LogP) is 0.988. The molecule has 0 radical (unpaired) electrons. The topological polar surface area (TPSA) is 63.3 Å². The number of halogens is 3. The Morgan fingerprint density at radius 3 is 2.25 bits per heavy atom. The average Bonchev–Trinajstić information content (AvgIpc) is 1.84. The number of carboxylic acid groups (broad SMARTS) is 1. The fourth-order valence-corrected chi connectivity index (χ4v) is 0.749. The summed E-state index contributed by atoms with van der Waals surface area (Å²) in [5.41, 5.74) is 4.96. The van der Waals surface area contributed by atoms with E-state index < -0.39 is 24.5 Å². The van der Waals surface area contributed by atoms with Crippen molar-refractivity contribution in [1.82, 2.24) is 0 Å². The lowest BCUT2D eigenvalue weighted by molar-refractivity contribution is -0.194. The average molecular weight is 185 g/mol. The van der Waals surface area contributed by atoms with Crippen molar-refractivity contribution in [2.45, 2.75) is 19.0 Å². The predicted molar refractivity (Wildman–Crippen MR) is 35.5 cm³/mol. The molecule has 12 heavy (non-hydrogen) atoms. The molecule has 0 fully saturated rings. The maximum atomic E-state index is 11.9. The van der Waals surface area contributed by atoms with E-state index >= 15 is 0 Å². The number of hydrogen-bond acceptors (Lipinski definition) is 2. The van der Waals surface area contributed by atoms with E-state index in [1.165, 1.54) is 0 Å². The molecule has 72 valence electrons. The molecule has 0 aliphatic carbocycles. The second kappa shape index (κ2) is 4.30. The van der Waals surface area contributed by atoms with Crippen LogP contribution in [-0.4, -0.2) is 23.8 Å². The van der Waals surface area contributed by atoms with Crippen LogP contribution in [0.15, 0.2) is 0 Å².